The minimum atomic E-state index is -0.501. The number of amides is 1. The van der Waals surface area contributed by atoms with Crippen molar-refractivity contribution in [1.82, 2.24) is 4.90 Å². The van der Waals surface area contributed by atoms with E-state index in [4.69, 9.17) is 4.74 Å². The minimum Gasteiger partial charge on any atom is -0.481 e. The molecule has 0 saturated carbocycles. The minimum absolute atomic E-state index is 0.00490. The van der Waals surface area contributed by atoms with Gasteiger partial charge in [-0.25, -0.2) is 0 Å². The van der Waals surface area contributed by atoms with Crippen molar-refractivity contribution in [1.29, 1.82) is 0 Å². The standard InChI is InChI=1S/C19H23NO2S/c1-4-20(14-16-8-6-5-7-9-16)19(21)15(2)22-17-10-12-18(23-3)13-11-17/h5-13,15H,4,14H2,1-3H3. The summed E-state index contributed by atoms with van der Waals surface area (Å²) in [5, 5.41) is 0. The van der Waals surface area contributed by atoms with E-state index in [9.17, 15) is 4.79 Å². The molecule has 0 aliphatic carbocycles. The van der Waals surface area contributed by atoms with Gasteiger partial charge in [0.25, 0.3) is 5.91 Å². The average molecular weight is 329 g/mol. The molecule has 0 aliphatic rings. The quantitative estimate of drug-likeness (QED) is 0.712. The number of hydrogen-bond acceptors (Lipinski definition) is 3. The Bertz CT molecular complexity index is 613. The van der Waals surface area contributed by atoms with E-state index < -0.39 is 6.10 Å². The second-order valence-corrected chi connectivity index (χ2v) is 6.15. The van der Waals surface area contributed by atoms with E-state index in [0.717, 1.165) is 11.3 Å². The van der Waals surface area contributed by atoms with Crippen LogP contribution in [0.1, 0.15) is 19.4 Å². The number of ether oxygens (including phenoxy) is 1. The van der Waals surface area contributed by atoms with Crippen LogP contribution >= 0.6 is 11.8 Å². The molecule has 0 N–H and O–H groups in total. The molecule has 2 aromatic rings. The summed E-state index contributed by atoms with van der Waals surface area (Å²) in [6.45, 7) is 5.06. The monoisotopic (exact) mass is 329 g/mol. The van der Waals surface area contributed by atoms with Gasteiger partial charge in [0.2, 0.25) is 0 Å². The Labute approximate surface area is 142 Å². The molecule has 0 heterocycles. The number of nitrogens with zero attached hydrogens (tertiary/aromatic N) is 1. The fraction of sp³-hybridized carbons (Fsp3) is 0.316. The van der Waals surface area contributed by atoms with Crippen molar-refractivity contribution in [3.05, 3.63) is 60.2 Å². The lowest BCUT2D eigenvalue weighted by molar-refractivity contribution is -0.138. The number of benzene rings is 2. The maximum atomic E-state index is 12.6. The van der Waals surface area contributed by atoms with Gasteiger partial charge >= 0.3 is 0 Å². The molecule has 1 atom stereocenters. The van der Waals surface area contributed by atoms with Crippen molar-refractivity contribution in [3.63, 3.8) is 0 Å². The van der Waals surface area contributed by atoms with Gasteiger partial charge in [0, 0.05) is 18.0 Å². The van der Waals surface area contributed by atoms with Gasteiger partial charge in [-0.05, 0) is 49.9 Å². The number of carbonyl (C=O) groups excluding carboxylic acids is 1. The van der Waals surface area contributed by atoms with E-state index in [1.807, 2.05) is 72.7 Å². The van der Waals surface area contributed by atoms with Crippen molar-refractivity contribution in [3.8, 4) is 5.75 Å². The first-order valence-corrected chi connectivity index (χ1v) is 9.00. The van der Waals surface area contributed by atoms with Crippen LogP contribution in [0.25, 0.3) is 0 Å². The molecule has 4 heteroatoms. The Hall–Kier alpha value is -1.94. The van der Waals surface area contributed by atoms with Crippen LogP contribution in [0.2, 0.25) is 0 Å². The molecule has 0 aliphatic heterocycles. The summed E-state index contributed by atoms with van der Waals surface area (Å²) in [5.41, 5.74) is 1.12. The number of rotatable bonds is 7. The van der Waals surface area contributed by atoms with Crippen LogP contribution in [0.5, 0.6) is 5.75 Å². The van der Waals surface area contributed by atoms with E-state index in [-0.39, 0.29) is 5.91 Å². The fourth-order valence-electron chi connectivity index (χ4n) is 2.32. The molecule has 122 valence electrons. The zero-order chi connectivity index (χ0) is 16.7. The van der Waals surface area contributed by atoms with Gasteiger partial charge in [-0.1, -0.05) is 30.3 Å². The summed E-state index contributed by atoms with van der Waals surface area (Å²) in [5.74, 6) is 0.727. The molecular weight excluding hydrogens is 306 g/mol. The first-order valence-electron chi connectivity index (χ1n) is 7.77. The molecule has 3 nitrogen and oxygen atoms in total. The Balaban J connectivity index is 1.98. The number of hydrogen-bond donors (Lipinski definition) is 0. The van der Waals surface area contributed by atoms with Crippen LogP contribution in [0.15, 0.2) is 59.5 Å². The summed E-state index contributed by atoms with van der Waals surface area (Å²) >= 11 is 1.68. The Morgan fingerprint density at radius 2 is 1.78 bits per heavy atom. The van der Waals surface area contributed by atoms with Gasteiger partial charge in [-0.2, -0.15) is 0 Å². The highest BCUT2D eigenvalue weighted by atomic mass is 32.2. The zero-order valence-corrected chi connectivity index (χ0v) is 14.7. The molecule has 0 radical (unpaired) electrons. The van der Waals surface area contributed by atoms with Crippen LogP contribution in [0.4, 0.5) is 0 Å². The van der Waals surface area contributed by atoms with Crippen molar-refractivity contribution in [2.45, 2.75) is 31.4 Å². The van der Waals surface area contributed by atoms with Crippen molar-refractivity contribution >= 4 is 17.7 Å². The van der Waals surface area contributed by atoms with Crippen molar-refractivity contribution < 1.29 is 9.53 Å². The van der Waals surface area contributed by atoms with E-state index in [1.165, 1.54) is 4.90 Å². The molecule has 2 rings (SSSR count). The second-order valence-electron chi connectivity index (χ2n) is 5.27. The fourth-order valence-corrected chi connectivity index (χ4v) is 2.72. The average Bonchev–Trinajstić information content (AvgIpc) is 2.60. The van der Waals surface area contributed by atoms with Crippen LogP contribution in [-0.4, -0.2) is 29.7 Å². The van der Waals surface area contributed by atoms with Crippen LogP contribution in [0.3, 0.4) is 0 Å². The topological polar surface area (TPSA) is 29.5 Å². The second kappa shape index (κ2) is 8.63. The molecule has 0 aromatic heterocycles. The maximum absolute atomic E-state index is 12.6. The SMILES string of the molecule is CCN(Cc1ccccc1)C(=O)C(C)Oc1ccc(SC)cc1. The van der Waals surface area contributed by atoms with Gasteiger partial charge in [0.1, 0.15) is 5.75 Å². The van der Waals surface area contributed by atoms with E-state index in [1.54, 1.807) is 18.7 Å². The summed E-state index contributed by atoms with van der Waals surface area (Å²) in [6, 6.07) is 17.8. The third-order valence-electron chi connectivity index (χ3n) is 3.63. The summed E-state index contributed by atoms with van der Waals surface area (Å²) in [4.78, 5) is 15.6. The predicted octanol–water partition coefficient (Wildman–Crippen LogP) is 4.22. The first-order chi connectivity index (χ1) is 11.1. The highest BCUT2D eigenvalue weighted by molar-refractivity contribution is 7.98. The smallest absolute Gasteiger partial charge is 0.263 e. The predicted molar refractivity (Wildman–Crippen MR) is 95.8 cm³/mol. The third-order valence-corrected chi connectivity index (χ3v) is 4.37. The lowest BCUT2D eigenvalue weighted by atomic mass is 10.2. The normalized spacial score (nSPS) is 11.8. The summed E-state index contributed by atoms with van der Waals surface area (Å²) in [7, 11) is 0. The number of carbonyl (C=O) groups is 1. The van der Waals surface area contributed by atoms with Gasteiger partial charge in [-0.3, -0.25) is 4.79 Å². The van der Waals surface area contributed by atoms with Crippen molar-refractivity contribution in [2.24, 2.45) is 0 Å². The lowest BCUT2D eigenvalue weighted by Crippen LogP contribution is -2.39. The summed E-state index contributed by atoms with van der Waals surface area (Å²) < 4.78 is 5.80. The number of likely N-dealkylation sites (N-methyl/N-ethyl adjacent to an activating group) is 1. The maximum Gasteiger partial charge on any atom is 0.263 e. The summed E-state index contributed by atoms with van der Waals surface area (Å²) in [6.07, 6.45) is 1.53. The van der Waals surface area contributed by atoms with Gasteiger partial charge < -0.3 is 9.64 Å². The molecule has 0 spiro atoms. The molecule has 2 aromatic carbocycles. The van der Waals surface area contributed by atoms with Gasteiger partial charge in [-0.15, -0.1) is 11.8 Å². The number of thioether (sulfide) groups is 1. The molecule has 0 saturated heterocycles. The van der Waals surface area contributed by atoms with Crippen LogP contribution in [-0.2, 0) is 11.3 Å². The zero-order valence-electron chi connectivity index (χ0n) is 13.9. The van der Waals surface area contributed by atoms with Gasteiger partial charge in [0.05, 0.1) is 0 Å². The van der Waals surface area contributed by atoms with E-state index in [0.29, 0.717) is 13.1 Å². The first kappa shape index (κ1) is 17.4. The Morgan fingerprint density at radius 1 is 1.13 bits per heavy atom. The Kier molecular flexibility index (Phi) is 6.53. The third kappa shape index (κ3) is 5.03. The Morgan fingerprint density at radius 3 is 2.35 bits per heavy atom. The molecule has 0 bridgehead atoms. The molecule has 1 unspecified atom stereocenters. The largest absolute Gasteiger partial charge is 0.481 e. The van der Waals surface area contributed by atoms with E-state index in [2.05, 4.69) is 0 Å². The van der Waals surface area contributed by atoms with Gasteiger partial charge in [0.15, 0.2) is 6.10 Å². The van der Waals surface area contributed by atoms with Crippen LogP contribution < -0.4 is 4.74 Å². The molecular formula is C19H23NO2S. The highest BCUT2D eigenvalue weighted by Crippen LogP contribution is 2.20. The van der Waals surface area contributed by atoms with Crippen molar-refractivity contribution in [2.75, 3.05) is 12.8 Å². The van der Waals surface area contributed by atoms with Crippen LogP contribution in [0, 0.1) is 0 Å². The lowest BCUT2D eigenvalue weighted by Gasteiger charge is -2.25. The molecule has 23 heavy (non-hydrogen) atoms. The molecule has 0 fully saturated rings. The van der Waals surface area contributed by atoms with E-state index >= 15 is 0 Å². The highest BCUT2D eigenvalue weighted by Gasteiger charge is 2.21. The molecule has 1 amide bonds.